The van der Waals surface area contributed by atoms with Gasteiger partial charge in [0.15, 0.2) is 5.78 Å². The van der Waals surface area contributed by atoms with Gasteiger partial charge < -0.3 is 5.84 Å². The normalized spacial score (nSPS) is 11.5. The van der Waals surface area contributed by atoms with E-state index in [1.807, 2.05) is 42.6 Å². The molecule has 1 aromatic carbocycles. The second-order valence-corrected chi connectivity index (χ2v) is 6.93. The number of hydrazone groups is 1. The van der Waals surface area contributed by atoms with Crippen LogP contribution in [-0.2, 0) is 0 Å². The molecule has 128 valence electrons. The van der Waals surface area contributed by atoms with Gasteiger partial charge in [-0.3, -0.25) is 4.79 Å². The van der Waals surface area contributed by atoms with Crippen molar-refractivity contribution in [2.75, 3.05) is 17.0 Å². The predicted molar refractivity (Wildman–Crippen MR) is 102 cm³/mol. The molecule has 7 nitrogen and oxygen atoms in total. The van der Waals surface area contributed by atoms with Crippen LogP contribution in [0.3, 0.4) is 0 Å². The van der Waals surface area contributed by atoms with Gasteiger partial charge in [0.1, 0.15) is 0 Å². The first-order chi connectivity index (χ1) is 12.1. The lowest BCUT2D eigenvalue weighted by Crippen LogP contribution is -2.14. The number of carbonyl (C=O) groups excluding carboxylic acids is 1. The number of aromatic nitrogens is 3. The summed E-state index contributed by atoms with van der Waals surface area (Å²) in [5.41, 5.74) is 4.29. The largest absolute Gasteiger partial charge is 0.334 e. The van der Waals surface area contributed by atoms with Crippen molar-refractivity contribution < 1.29 is 4.79 Å². The van der Waals surface area contributed by atoms with Gasteiger partial charge in [0.05, 0.1) is 11.5 Å². The fourth-order valence-electron chi connectivity index (χ4n) is 1.96. The fraction of sp³-hybridized carbons (Fsp3) is 0.125. The molecule has 0 radical (unpaired) electrons. The highest BCUT2D eigenvalue weighted by Crippen LogP contribution is 2.18. The molecule has 0 saturated heterocycles. The molecule has 0 aliphatic carbocycles. The third-order valence-corrected chi connectivity index (χ3v) is 5.22. The van der Waals surface area contributed by atoms with Crippen LogP contribution in [-0.4, -0.2) is 32.1 Å². The Balaban J connectivity index is 1.61. The van der Waals surface area contributed by atoms with E-state index in [4.69, 9.17) is 5.84 Å². The number of hydrogen-bond acceptors (Lipinski definition) is 8. The number of nitrogens with zero attached hydrogens (tertiary/aromatic N) is 4. The molecule has 0 aliphatic rings. The minimum Gasteiger partial charge on any atom is -0.334 e. The SMILES string of the molecule is C/C(=N\Nc1nnc(SCC(=O)c2ccccc2)n1N)c1cccs1. The van der Waals surface area contributed by atoms with Crippen LogP contribution in [0.2, 0.25) is 0 Å². The Morgan fingerprint density at radius 2 is 2.08 bits per heavy atom. The van der Waals surface area contributed by atoms with Crippen LogP contribution in [0.4, 0.5) is 5.95 Å². The van der Waals surface area contributed by atoms with Crippen LogP contribution in [0.15, 0.2) is 58.1 Å². The van der Waals surface area contributed by atoms with E-state index in [1.165, 1.54) is 16.4 Å². The summed E-state index contributed by atoms with van der Waals surface area (Å²) in [5.74, 6) is 6.52. The van der Waals surface area contributed by atoms with Gasteiger partial charge in [0.2, 0.25) is 5.16 Å². The molecule has 0 aliphatic heterocycles. The molecule has 0 amide bonds. The Morgan fingerprint density at radius 1 is 1.28 bits per heavy atom. The van der Waals surface area contributed by atoms with Crippen LogP contribution in [0.1, 0.15) is 22.2 Å². The van der Waals surface area contributed by atoms with Crippen molar-refractivity contribution >= 4 is 40.5 Å². The van der Waals surface area contributed by atoms with E-state index >= 15 is 0 Å². The Hall–Kier alpha value is -2.65. The molecule has 0 bridgehead atoms. The van der Waals surface area contributed by atoms with Crippen LogP contribution >= 0.6 is 23.1 Å². The first kappa shape index (κ1) is 17.2. The Labute approximate surface area is 152 Å². The molecule has 0 spiro atoms. The van der Waals surface area contributed by atoms with Gasteiger partial charge in [0.25, 0.3) is 5.95 Å². The highest BCUT2D eigenvalue weighted by molar-refractivity contribution is 7.99. The van der Waals surface area contributed by atoms with E-state index in [2.05, 4.69) is 20.7 Å². The zero-order valence-electron chi connectivity index (χ0n) is 13.4. The summed E-state index contributed by atoms with van der Waals surface area (Å²) in [5, 5.41) is 14.6. The van der Waals surface area contributed by atoms with Gasteiger partial charge >= 0.3 is 0 Å². The zero-order chi connectivity index (χ0) is 17.6. The molecule has 3 aromatic rings. The molecular weight excluding hydrogens is 356 g/mol. The van der Waals surface area contributed by atoms with Crippen LogP contribution in [0, 0.1) is 0 Å². The first-order valence-electron chi connectivity index (χ1n) is 7.41. The highest BCUT2D eigenvalue weighted by Gasteiger charge is 2.13. The topological polar surface area (TPSA) is 98.2 Å². The van der Waals surface area contributed by atoms with Crippen molar-refractivity contribution in [1.82, 2.24) is 14.9 Å². The smallest absolute Gasteiger partial charge is 0.264 e. The summed E-state index contributed by atoms with van der Waals surface area (Å²) in [4.78, 5) is 13.2. The highest BCUT2D eigenvalue weighted by atomic mass is 32.2. The lowest BCUT2D eigenvalue weighted by atomic mass is 10.2. The molecule has 2 heterocycles. The number of rotatable bonds is 7. The minimum absolute atomic E-state index is 0.00895. The second-order valence-electron chi connectivity index (χ2n) is 5.04. The zero-order valence-corrected chi connectivity index (χ0v) is 15.0. The van der Waals surface area contributed by atoms with Crippen molar-refractivity contribution in [2.24, 2.45) is 5.10 Å². The summed E-state index contributed by atoms with van der Waals surface area (Å²) in [6.45, 7) is 1.89. The van der Waals surface area contributed by atoms with Gasteiger partial charge in [-0.05, 0) is 18.4 Å². The molecule has 9 heteroatoms. The predicted octanol–water partition coefficient (Wildman–Crippen LogP) is 2.86. The summed E-state index contributed by atoms with van der Waals surface area (Å²) in [7, 11) is 0. The first-order valence-corrected chi connectivity index (χ1v) is 9.27. The maximum atomic E-state index is 12.1. The number of nitrogens with one attached hydrogen (secondary N) is 1. The van der Waals surface area contributed by atoms with Gasteiger partial charge in [-0.15, -0.1) is 21.5 Å². The number of Topliss-reactive ketones (excluding diaryl/α,β-unsaturated/α-hetero) is 1. The van der Waals surface area contributed by atoms with Gasteiger partial charge in [0, 0.05) is 10.4 Å². The van der Waals surface area contributed by atoms with Crippen molar-refractivity contribution in [3.8, 4) is 0 Å². The Kier molecular flexibility index (Phi) is 5.46. The van der Waals surface area contributed by atoms with E-state index in [1.54, 1.807) is 23.5 Å². The van der Waals surface area contributed by atoms with Crippen LogP contribution < -0.4 is 11.3 Å². The van der Waals surface area contributed by atoms with Gasteiger partial charge in [-0.1, -0.05) is 48.2 Å². The number of anilines is 1. The second kappa shape index (κ2) is 7.95. The number of thiophene rings is 1. The van der Waals surface area contributed by atoms with E-state index in [0.717, 1.165) is 10.6 Å². The minimum atomic E-state index is 0.00895. The van der Waals surface area contributed by atoms with E-state index in [9.17, 15) is 4.79 Å². The number of carbonyl (C=O) groups is 1. The maximum Gasteiger partial charge on any atom is 0.264 e. The molecule has 2 aromatic heterocycles. The lowest BCUT2D eigenvalue weighted by Gasteiger charge is -2.03. The summed E-state index contributed by atoms with van der Waals surface area (Å²) < 4.78 is 1.29. The quantitative estimate of drug-likeness (QED) is 0.218. The Morgan fingerprint density at radius 3 is 2.80 bits per heavy atom. The van der Waals surface area contributed by atoms with Crippen molar-refractivity contribution in [1.29, 1.82) is 0 Å². The number of benzene rings is 1. The molecule has 0 fully saturated rings. The monoisotopic (exact) mass is 372 g/mol. The third-order valence-electron chi connectivity index (χ3n) is 3.29. The Bertz CT molecular complexity index is 873. The standard InChI is InChI=1S/C16H16N6OS2/c1-11(14-8-5-9-24-14)18-19-15-20-21-16(22(15)17)25-10-13(23)12-6-3-2-4-7-12/h2-9H,10,17H2,1H3,(H,19,20)/b18-11+. The molecule has 3 rings (SSSR count). The lowest BCUT2D eigenvalue weighted by molar-refractivity contribution is 0.102. The number of hydrogen-bond donors (Lipinski definition) is 2. The average molecular weight is 372 g/mol. The van der Waals surface area contributed by atoms with Crippen LogP contribution in [0.5, 0.6) is 0 Å². The van der Waals surface area contributed by atoms with Gasteiger partial charge in [-0.2, -0.15) is 5.10 Å². The molecular formula is C16H16N6OS2. The number of nitrogen functional groups attached to an aromatic ring is 1. The number of ketones is 1. The van der Waals surface area contributed by atoms with Crippen molar-refractivity contribution in [3.05, 3.63) is 58.3 Å². The molecule has 25 heavy (non-hydrogen) atoms. The van der Waals surface area contributed by atoms with E-state index in [0.29, 0.717) is 16.7 Å². The molecule has 0 unspecified atom stereocenters. The van der Waals surface area contributed by atoms with Crippen LogP contribution in [0.25, 0.3) is 0 Å². The van der Waals surface area contributed by atoms with Crippen molar-refractivity contribution in [3.63, 3.8) is 0 Å². The number of nitrogens with two attached hydrogens (primary N) is 1. The molecule has 3 N–H and O–H groups in total. The fourth-order valence-corrected chi connectivity index (χ4v) is 3.39. The third kappa shape index (κ3) is 4.25. The van der Waals surface area contributed by atoms with E-state index < -0.39 is 0 Å². The number of thioether (sulfide) groups is 1. The van der Waals surface area contributed by atoms with E-state index in [-0.39, 0.29) is 11.5 Å². The average Bonchev–Trinajstić information content (AvgIpc) is 3.29. The van der Waals surface area contributed by atoms with Crippen molar-refractivity contribution in [2.45, 2.75) is 12.1 Å². The maximum absolute atomic E-state index is 12.1. The summed E-state index contributed by atoms with van der Waals surface area (Å²) >= 11 is 2.83. The summed E-state index contributed by atoms with van der Waals surface area (Å²) in [6, 6.07) is 13.0. The summed E-state index contributed by atoms with van der Waals surface area (Å²) in [6.07, 6.45) is 0. The van der Waals surface area contributed by atoms with Gasteiger partial charge in [-0.25, -0.2) is 10.1 Å². The molecule has 0 atom stereocenters. The molecule has 0 saturated carbocycles.